The number of benzene rings is 1. The smallest absolute Gasteiger partial charge is 0.410 e. The second kappa shape index (κ2) is 7.78. The summed E-state index contributed by atoms with van der Waals surface area (Å²) in [5.74, 6) is 0.563. The molecule has 4 aliphatic heterocycles. The van der Waals surface area contributed by atoms with E-state index in [2.05, 4.69) is 56.7 Å². The molecule has 2 bridgehead atoms. The Morgan fingerprint density at radius 2 is 1.82 bits per heavy atom. The quantitative estimate of drug-likeness (QED) is 0.431. The molecular formula is C23H31IN2O2. The topological polar surface area (TPSA) is 32.8 Å². The molecule has 5 heteroatoms. The van der Waals surface area contributed by atoms with Gasteiger partial charge in [0.05, 0.1) is 6.04 Å². The lowest BCUT2D eigenvalue weighted by atomic mass is 9.77. The van der Waals surface area contributed by atoms with Gasteiger partial charge in [0.1, 0.15) is 6.10 Å². The zero-order valence-corrected chi connectivity index (χ0v) is 18.8. The Hall–Kier alpha value is -0.820. The molecule has 4 fully saturated rings. The zero-order chi connectivity index (χ0) is 19.1. The van der Waals surface area contributed by atoms with Gasteiger partial charge in [-0.3, -0.25) is 9.80 Å². The number of rotatable bonds is 2. The van der Waals surface area contributed by atoms with Gasteiger partial charge in [-0.15, -0.1) is 0 Å². The van der Waals surface area contributed by atoms with Gasteiger partial charge in [-0.1, -0.05) is 66.1 Å². The van der Waals surface area contributed by atoms with Gasteiger partial charge >= 0.3 is 6.09 Å². The maximum atomic E-state index is 13.4. The molecule has 4 nitrogen and oxygen atoms in total. The molecule has 2 unspecified atom stereocenters. The number of carbonyl (C=O) groups excluding carboxylic acids is 1. The average molecular weight is 494 g/mol. The second-order valence-electron chi connectivity index (χ2n) is 9.20. The van der Waals surface area contributed by atoms with Gasteiger partial charge in [0.25, 0.3) is 0 Å². The molecule has 1 amide bonds. The van der Waals surface area contributed by atoms with Crippen molar-refractivity contribution in [2.45, 2.75) is 66.9 Å². The van der Waals surface area contributed by atoms with E-state index < -0.39 is 0 Å². The Kier molecular flexibility index (Phi) is 5.33. The number of alkyl halides is 1. The van der Waals surface area contributed by atoms with Crippen LogP contribution in [0, 0.1) is 5.92 Å². The molecule has 6 rings (SSSR count). The molecule has 3 saturated heterocycles. The maximum Gasteiger partial charge on any atom is 0.410 e. The highest BCUT2D eigenvalue weighted by molar-refractivity contribution is 14.1. The molecular weight excluding hydrogens is 463 g/mol. The molecule has 152 valence electrons. The number of nitrogens with zero attached hydrogens (tertiary/aromatic N) is 2. The van der Waals surface area contributed by atoms with Crippen LogP contribution in [0.4, 0.5) is 4.79 Å². The summed E-state index contributed by atoms with van der Waals surface area (Å²) in [7, 11) is 0. The molecule has 1 aromatic rings. The molecule has 0 N–H and O–H groups in total. The van der Waals surface area contributed by atoms with Crippen LogP contribution in [0.3, 0.4) is 0 Å². The molecule has 0 radical (unpaired) electrons. The van der Waals surface area contributed by atoms with Crippen LogP contribution in [0.2, 0.25) is 0 Å². The lowest BCUT2D eigenvalue weighted by Gasteiger charge is -2.49. The first-order valence-corrected chi connectivity index (χ1v) is 12.2. The summed E-state index contributed by atoms with van der Waals surface area (Å²) < 4.78 is 6.31. The molecule has 4 heterocycles. The molecule has 2 atom stereocenters. The highest BCUT2D eigenvalue weighted by Gasteiger charge is 2.47. The molecule has 0 aromatic heterocycles. The van der Waals surface area contributed by atoms with Crippen molar-refractivity contribution in [1.82, 2.24) is 9.80 Å². The first-order chi connectivity index (χ1) is 13.6. The molecule has 28 heavy (non-hydrogen) atoms. The van der Waals surface area contributed by atoms with Gasteiger partial charge in [0, 0.05) is 16.5 Å². The minimum absolute atomic E-state index is 0.0696. The van der Waals surface area contributed by atoms with Gasteiger partial charge in [-0.05, 0) is 62.2 Å². The van der Waals surface area contributed by atoms with E-state index in [9.17, 15) is 4.79 Å². The fraction of sp³-hybridized carbons (Fsp3) is 0.696. The van der Waals surface area contributed by atoms with Gasteiger partial charge in [0.15, 0.2) is 0 Å². The summed E-state index contributed by atoms with van der Waals surface area (Å²) in [6, 6.07) is 8.92. The van der Waals surface area contributed by atoms with Crippen LogP contribution >= 0.6 is 22.6 Å². The summed E-state index contributed by atoms with van der Waals surface area (Å²) >= 11 is 2.69. The fourth-order valence-corrected chi connectivity index (χ4v) is 7.41. The van der Waals surface area contributed by atoms with Gasteiger partial charge in [-0.2, -0.15) is 0 Å². The van der Waals surface area contributed by atoms with Crippen LogP contribution in [-0.2, 0) is 11.2 Å². The molecule has 1 saturated carbocycles. The van der Waals surface area contributed by atoms with Crippen molar-refractivity contribution in [2.24, 2.45) is 5.92 Å². The average Bonchev–Trinajstić information content (AvgIpc) is 2.74. The predicted octanol–water partition coefficient (Wildman–Crippen LogP) is 4.95. The number of hydrogen-bond acceptors (Lipinski definition) is 3. The standard InChI is InChI=1S/C23H31IN2O2/c24-23(11-4-1-5-12-23)21-19-7-3-2-6-17(19)10-15-26(21)22(27)28-20-16-25-13-8-18(20)9-14-25/h2-3,6-7,18,20-21H,1,4-5,8-16H2. The summed E-state index contributed by atoms with van der Waals surface area (Å²) in [6.07, 6.45) is 9.56. The highest BCUT2D eigenvalue weighted by atomic mass is 127. The first kappa shape index (κ1) is 19.2. The molecule has 5 aliphatic rings. The lowest BCUT2D eigenvalue weighted by Crippen LogP contribution is -2.55. The predicted molar refractivity (Wildman–Crippen MR) is 119 cm³/mol. The SMILES string of the molecule is O=C(OC1CN2CCC1CC2)N1CCc2ccccc2C1C1(I)CCCCC1. The van der Waals surface area contributed by atoms with Crippen LogP contribution < -0.4 is 0 Å². The largest absolute Gasteiger partial charge is 0.444 e. The fourth-order valence-electron chi connectivity index (χ4n) is 5.98. The van der Waals surface area contributed by atoms with Crippen molar-refractivity contribution in [3.05, 3.63) is 35.4 Å². The van der Waals surface area contributed by atoms with Crippen molar-refractivity contribution >= 4 is 28.7 Å². The van der Waals surface area contributed by atoms with Crippen LogP contribution in [0.15, 0.2) is 24.3 Å². The third-order valence-corrected chi connectivity index (χ3v) is 9.21. The summed E-state index contributed by atoms with van der Waals surface area (Å²) in [6.45, 7) is 4.07. The number of halogens is 1. The van der Waals surface area contributed by atoms with Crippen LogP contribution in [0.5, 0.6) is 0 Å². The van der Waals surface area contributed by atoms with Gasteiger partial charge in [-0.25, -0.2) is 4.79 Å². The molecule has 0 spiro atoms. The lowest BCUT2D eigenvalue weighted by molar-refractivity contribution is -0.0493. The summed E-state index contributed by atoms with van der Waals surface area (Å²) in [4.78, 5) is 18.0. The van der Waals surface area contributed by atoms with Crippen molar-refractivity contribution in [3.63, 3.8) is 0 Å². The Balaban J connectivity index is 1.41. The Labute approximate surface area is 182 Å². The number of fused-ring (bicyclic) bond motifs is 4. The zero-order valence-electron chi connectivity index (χ0n) is 16.6. The van der Waals surface area contributed by atoms with E-state index in [1.54, 1.807) is 0 Å². The Morgan fingerprint density at radius 1 is 1.07 bits per heavy atom. The van der Waals surface area contributed by atoms with E-state index in [0.717, 1.165) is 19.5 Å². The Bertz CT molecular complexity index is 725. The highest BCUT2D eigenvalue weighted by Crippen LogP contribution is 2.50. The van der Waals surface area contributed by atoms with Gasteiger partial charge < -0.3 is 4.74 Å². The van der Waals surface area contributed by atoms with E-state index in [1.807, 2.05) is 0 Å². The molecule has 1 aromatic carbocycles. The van der Waals surface area contributed by atoms with Crippen molar-refractivity contribution < 1.29 is 9.53 Å². The van der Waals surface area contributed by atoms with Crippen LogP contribution in [0.1, 0.15) is 62.1 Å². The van der Waals surface area contributed by atoms with Crippen molar-refractivity contribution in [3.8, 4) is 0 Å². The number of amides is 1. The van der Waals surface area contributed by atoms with E-state index >= 15 is 0 Å². The number of hydrogen-bond donors (Lipinski definition) is 0. The van der Waals surface area contributed by atoms with E-state index in [0.29, 0.717) is 5.92 Å². The molecule has 1 aliphatic carbocycles. The third kappa shape index (κ3) is 3.47. The van der Waals surface area contributed by atoms with E-state index in [1.165, 1.54) is 69.2 Å². The normalized spacial score (nSPS) is 34.0. The van der Waals surface area contributed by atoms with Crippen molar-refractivity contribution in [1.29, 1.82) is 0 Å². The minimum atomic E-state index is -0.0696. The second-order valence-corrected chi connectivity index (χ2v) is 11.3. The maximum absolute atomic E-state index is 13.4. The number of carbonyl (C=O) groups is 1. The Morgan fingerprint density at radius 3 is 2.54 bits per heavy atom. The first-order valence-electron chi connectivity index (χ1n) is 11.1. The van der Waals surface area contributed by atoms with Crippen molar-refractivity contribution in [2.75, 3.05) is 26.2 Å². The monoisotopic (exact) mass is 494 g/mol. The number of piperidine rings is 3. The van der Waals surface area contributed by atoms with Crippen LogP contribution in [0.25, 0.3) is 0 Å². The van der Waals surface area contributed by atoms with Crippen LogP contribution in [-0.4, -0.2) is 51.6 Å². The van der Waals surface area contributed by atoms with E-state index in [4.69, 9.17) is 4.74 Å². The number of ether oxygens (including phenoxy) is 1. The van der Waals surface area contributed by atoms with Gasteiger partial charge in [0.2, 0.25) is 0 Å². The third-order valence-electron chi connectivity index (χ3n) is 7.54. The minimum Gasteiger partial charge on any atom is -0.444 e. The summed E-state index contributed by atoms with van der Waals surface area (Å²) in [5.41, 5.74) is 2.77. The van der Waals surface area contributed by atoms with E-state index in [-0.39, 0.29) is 21.7 Å². The summed E-state index contributed by atoms with van der Waals surface area (Å²) in [5, 5.41) is 0.